The normalized spacial score (nSPS) is 4.00. The molecule has 0 heterocycles. The molecule has 0 radical (unpaired) electrons. The molecule has 0 rings (SSSR count). The van der Waals surface area contributed by atoms with Gasteiger partial charge in [-0.15, -0.1) is 0 Å². The second-order valence-corrected chi connectivity index (χ2v) is 0. The Bertz CT molecular complexity index is 12.5. The second-order valence-electron chi connectivity index (χ2n) is 0. The van der Waals surface area contributed by atoms with Crippen molar-refractivity contribution in [1.82, 2.24) is 0 Å². The van der Waals surface area contributed by atoms with Gasteiger partial charge in [-0.3, -0.25) is 0 Å². The third-order valence-electron chi connectivity index (χ3n) is 0. The Kier molecular flexibility index (Phi) is 1160. The summed E-state index contributed by atoms with van der Waals surface area (Å²) in [7, 11) is 0.222. The van der Waals surface area contributed by atoms with Gasteiger partial charge in [-0.1, -0.05) is 41.9 Å². The Balaban J connectivity index is -0.00000000762. The molecule has 0 aliphatic heterocycles. The van der Waals surface area contributed by atoms with E-state index in [1.807, 2.05) is 0 Å². The van der Waals surface area contributed by atoms with Crippen molar-refractivity contribution in [3.05, 3.63) is 0 Å². The van der Waals surface area contributed by atoms with Crippen LogP contribution in [0, 0.1) is 0 Å². The topological polar surface area (TPSA) is 92.2 Å². The zero-order chi connectivity index (χ0) is 8.00. The van der Waals surface area contributed by atoms with Crippen LogP contribution in [0.3, 0.4) is 0 Å². The van der Waals surface area contributed by atoms with Gasteiger partial charge in [0.2, 0.25) is 0 Å². The van der Waals surface area contributed by atoms with Crippen LogP contribution in [0.1, 0.15) is 0 Å². The van der Waals surface area contributed by atoms with E-state index >= 15 is 0 Å². The average Bonchev–Trinajstić information content (AvgIpc) is 2.03. The van der Waals surface area contributed by atoms with Crippen LogP contribution in [0.5, 0.6) is 0 Å². The first-order valence-corrected chi connectivity index (χ1v) is 4.90. The molecule has 0 N–H and O–H groups in total. The van der Waals surface area contributed by atoms with Gasteiger partial charge >= 0.3 is 21.7 Å². The van der Waals surface area contributed by atoms with Gasteiger partial charge in [0, 0.05) is 0 Å². The van der Waals surface area contributed by atoms with Crippen molar-refractivity contribution in [2.75, 3.05) is 0 Å². The van der Waals surface area contributed by atoms with Crippen molar-refractivity contribution >= 4 is 41.9 Å². The Labute approximate surface area is 82.8 Å². The van der Waals surface area contributed by atoms with E-state index in [1.165, 1.54) is 0 Å². The third-order valence-corrected chi connectivity index (χ3v) is 0. The van der Waals surface area contributed by atoms with Crippen LogP contribution >= 0.6 is 0 Å². The molecular formula is H12O4Si4Ti. The van der Waals surface area contributed by atoms with Crippen molar-refractivity contribution in [2.24, 2.45) is 0 Å². The molecule has 9 heavy (non-hydrogen) atoms. The first-order valence-electron chi connectivity index (χ1n) is 1.63. The Morgan fingerprint density at radius 3 is 0.444 bits per heavy atom. The maximum atomic E-state index is 8.39. The van der Waals surface area contributed by atoms with E-state index in [9.17, 15) is 0 Å². The van der Waals surface area contributed by atoms with Gasteiger partial charge in [0.1, 0.15) is 0 Å². The van der Waals surface area contributed by atoms with Crippen LogP contribution in [0.25, 0.3) is 0 Å². The second kappa shape index (κ2) is 331. The fraction of sp³-hybridized carbons (Fsp3) is 0. The molecule has 0 aromatic carbocycles. The van der Waals surface area contributed by atoms with Crippen molar-refractivity contribution in [3.63, 3.8) is 0 Å². The maximum absolute atomic E-state index is 8.39. The minimum Gasteiger partial charge on any atom is -0.865 e. The van der Waals surface area contributed by atoms with Crippen LogP contribution in [-0.4, -0.2) is 41.9 Å². The van der Waals surface area contributed by atoms with Crippen molar-refractivity contribution in [2.45, 2.75) is 0 Å². The summed E-state index contributed by atoms with van der Waals surface area (Å²) < 4.78 is 0. The molecule has 0 aromatic rings. The molecule has 0 spiro atoms. The monoisotopic (exact) mass is 236 g/mol. The van der Waals surface area contributed by atoms with E-state index < -0.39 is 0 Å². The van der Waals surface area contributed by atoms with E-state index in [4.69, 9.17) is 19.2 Å². The van der Waals surface area contributed by atoms with Crippen LogP contribution in [0.15, 0.2) is 0 Å². The Morgan fingerprint density at radius 2 is 0.444 bits per heavy atom. The zero-order valence-corrected chi connectivity index (χ0v) is 15.7. The first-order chi connectivity index (χ1) is 4.00. The molecule has 0 atom stereocenters. The molecule has 0 saturated heterocycles. The summed E-state index contributed by atoms with van der Waals surface area (Å²) in [5, 5.41) is 0. The zero-order valence-electron chi connectivity index (χ0n) is 6.13. The van der Waals surface area contributed by atoms with Gasteiger partial charge in [0.05, 0.1) is 0 Å². The van der Waals surface area contributed by atoms with Crippen LogP contribution in [0.2, 0.25) is 0 Å². The molecular weight excluding hydrogens is 224 g/mol. The van der Waals surface area contributed by atoms with Gasteiger partial charge in [-0.05, 0) is 0 Å². The van der Waals surface area contributed by atoms with Crippen LogP contribution in [0.4, 0.5) is 0 Å². The van der Waals surface area contributed by atoms with Crippen molar-refractivity contribution in [1.29, 1.82) is 0 Å². The summed E-state index contributed by atoms with van der Waals surface area (Å²) in [5.74, 6) is 0. The summed E-state index contributed by atoms with van der Waals surface area (Å²) in [5.41, 5.74) is 0. The summed E-state index contributed by atoms with van der Waals surface area (Å²) in [6, 6.07) is 0. The van der Waals surface area contributed by atoms with Gasteiger partial charge in [-0.2, -0.15) is 0 Å². The van der Waals surface area contributed by atoms with Gasteiger partial charge in [0.25, 0.3) is 0 Å². The number of rotatable bonds is 0. The minimum atomic E-state index is 0. The summed E-state index contributed by atoms with van der Waals surface area (Å²) in [6.07, 6.45) is 0. The first kappa shape index (κ1) is 31.5. The van der Waals surface area contributed by atoms with E-state index in [2.05, 4.69) is 0 Å². The molecule has 0 bridgehead atoms. The predicted molar refractivity (Wildman–Crippen MR) is 39.8 cm³/mol. The summed E-state index contributed by atoms with van der Waals surface area (Å²) >= 11 is 0. The molecule has 9 heteroatoms. The molecule has 0 aliphatic rings. The van der Waals surface area contributed by atoms with Crippen molar-refractivity contribution < 1.29 is 40.9 Å². The summed E-state index contributed by atoms with van der Waals surface area (Å²) in [6.45, 7) is 0. The van der Waals surface area contributed by atoms with Crippen molar-refractivity contribution in [3.8, 4) is 0 Å². The SMILES string of the molecule is [O-][SiH3].[O-][SiH3].[O-][SiH3].[O-][SiH3].[Ti+4]. The Hall–Kier alpha value is 1.42. The van der Waals surface area contributed by atoms with Crippen LogP contribution < -0.4 is 19.2 Å². The average molecular weight is 236 g/mol. The fourth-order valence-corrected chi connectivity index (χ4v) is 0. The number of hydrogen-bond acceptors (Lipinski definition) is 4. The fourth-order valence-electron chi connectivity index (χ4n) is 0. The van der Waals surface area contributed by atoms with E-state index in [1.54, 1.807) is 0 Å². The number of hydrogen-bond donors (Lipinski definition) is 0. The van der Waals surface area contributed by atoms with E-state index in [0.29, 0.717) is 0 Å². The summed E-state index contributed by atoms with van der Waals surface area (Å²) in [4.78, 5) is 33.6. The minimum absolute atomic E-state index is 0. The molecule has 0 fully saturated rings. The molecule has 4 nitrogen and oxygen atoms in total. The van der Waals surface area contributed by atoms with E-state index in [0.717, 1.165) is 0 Å². The largest absolute Gasteiger partial charge is 4.00 e. The van der Waals surface area contributed by atoms with E-state index in [-0.39, 0.29) is 63.7 Å². The standard InChI is InChI=1S/4H3OSi.Ti/c4*1-2;/h4*2H3;/q4*-1;+4. The molecule has 0 aliphatic carbocycles. The maximum Gasteiger partial charge on any atom is 4.00 e. The van der Waals surface area contributed by atoms with Gasteiger partial charge < -0.3 is 19.2 Å². The molecule has 0 saturated carbocycles. The van der Waals surface area contributed by atoms with Gasteiger partial charge in [-0.25, -0.2) is 0 Å². The Morgan fingerprint density at radius 1 is 0.444 bits per heavy atom. The predicted octanol–water partition coefficient (Wildman–Crippen LogP) is -9.49. The molecule has 0 aromatic heterocycles. The van der Waals surface area contributed by atoms with Gasteiger partial charge in [0.15, 0.2) is 0 Å². The molecule has 0 unspecified atom stereocenters. The quantitative estimate of drug-likeness (QED) is 0.390. The molecule has 56 valence electrons. The molecule has 0 amide bonds. The third kappa shape index (κ3) is 257. The van der Waals surface area contributed by atoms with Crippen LogP contribution in [-0.2, 0) is 21.7 Å². The smallest absolute Gasteiger partial charge is 0.865 e.